The number of rotatable bonds is 13. The number of benzene rings is 1. The van der Waals surface area contributed by atoms with E-state index in [2.05, 4.69) is 6.92 Å². The van der Waals surface area contributed by atoms with E-state index in [-0.39, 0.29) is 12.2 Å². The predicted molar refractivity (Wildman–Crippen MR) is 115 cm³/mol. The van der Waals surface area contributed by atoms with Crippen molar-refractivity contribution in [1.29, 1.82) is 0 Å². The first-order chi connectivity index (χ1) is 13.4. The molecular formula is C23H34ClNO3. The fourth-order valence-corrected chi connectivity index (χ4v) is 4.21. The van der Waals surface area contributed by atoms with E-state index in [1.165, 1.54) is 58.3 Å². The lowest BCUT2D eigenvalue weighted by atomic mass is 9.90. The summed E-state index contributed by atoms with van der Waals surface area (Å²) in [4.78, 5) is 26.2. The number of ketones is 1. The van der Waals surface area contributed by atoms with Crippen LogP contribution in [0.5, 0.6) is 0 Å². The summed E-state index contributed by atoms with van der Waals surface area (Å²) in [6.45, 7) is 4.18. The van der Waals surface area contributed by atoms with Crippen LogP contribution in [-0.4, -0.2) is 23.3 Å². The first-order valence-corrected chi connectivity index (χ1v) is 11.1. The number of carbonyl (C=O) groups excluding carboxylic acids is 2. The Morgan fingerprint density at radius 1 is 1.04 bits per heavy atom. The van der Waals surface area contributed by atoms with Gasteiger partial charge in [-0.3, -0.25) is 9.59 Å². The number of carbonyl (C=O) groups is 2. The average molecular weight is 408 g/mol. The molecule has 0 radical (unpaired) electrons. The molecule has 1 heterocycles. The lowest BCUT2D eigenvalue weighted by molar-refractivity contribution is -0.141. The molecule has 1 N–H and O–H groups in total. The fraction of sp³-hybridized carbons (Fsp3) is 0.652. The Morgan fingerprint density at radius 3 is 2.18 bits per heavy atom. The molecule has 1 aromatic carbocycles. The van der Waals surface area contributed by atoms with Crippen molar-refractivity contribution in [1.82, 2.24) is 0 Å². The minimum absolute atomic E-state index is 0.215. The monoisotopic (exact) mass is 407 g/mol. The van der Waals surface area contributed by atoms with Gasteiger partial charge in [0.15, 0.2) is 5.60 Å². The van der Waals surface area contributed by atoms with Gasteiger partial charge in [-0.25, -0.2) is 0 Å². The summed E-state index contributed by atoms with van der Waals surface area (Å²) >= 11 is 6.07. The lowest BCUT2D eigenvalue weighted by Gasteiger charge is -2.22. The zero-order valence-corrected chi connectivity index (χ0v) is 18.1. The molecule has 0 bridgehead atoms. The van der Waals surface area contributed by atoms with Gasteiger partial charge in [-0.15, -0.1) is 0 Å². The first kappa shape index (κ1) is 22.9. The number of fused-ring (bicyclic) bond motifs is 1. The molecule has 2 rings (SSSR count). The number of nitrogens with zero attached hydrogens (tertiary/aromatic N) is 1. The first-order valence-electron chi connectivity index (χ1n) is 10.7. The molecule has 5 heteroatoms. The molecule has 0 spiro atoms. The topological polar surface area (TPSA) is 57.6 Å². The molecule has 0 fully saturated rings. The largest absolute Gasteiger partial charge is 0.375 e. The van der Waals surface area contributed by atoms with Crippen LogP contribution in [0.3, 0.4) is 0 Å². The number of hydrogen-bond donors (Lipinski definition) is 1. The Morgan fingerprint density at radius 2 is 1.61 bits per heavy atom. The highest BCUT2D eigenvalue weighted by Crippen LogP contribution is 2.43. The number of unbranched alkanes of at least 4 members (excludes halogenated alkanes) is 9. The van der Waals surface area contributed by atoms with Gasteiger partial charge in [0, 0.05) is 23.6 Å². The summed E-state index contributed by atoms with van der Waals surface area (Å²) in [7, 11) is 0. The number of anilines is 1. The molecule has 0 aromatic heterocycles. The van der Waals surface area contributed by atoms with E-state index in [1.807, 2.05) is 0 Å². The molecule has 1 aromatic rings. The maximum atomic E-state index is 12.9. The van der Waals surface area contributed by atoms with Crippen LogP contribution in [-0.2, 0) is 15.2 Å². The van der Waals surface area contributed by atoms with Gasteiger partial charge in [-0.2, -0.15) is 0 Å². The quantitative estimate of drug-likeness (QED) is 0.422. The third kappa shape index (κ3) is 5.81. The minimum Gasteiger partial charge on any atom is -0.375 e. The smallest absolute Gasteiger partial charge is 0.264 e. The summed E-state index contributed by atoms with van der Waals surface area (Å²) < 4.78 is 0. The van der Waals surface area contributed by atoms with Crippen molar-refractivity contribution < 1.29 is 14.7 Å². The minimum atomic E-state index is -1.79. The molecule has 0 saturated carbocycles. The maximum absolute atomic E-state index is 12.9. The van der Waals surface area contributed by atoms with E-state index in [4.69, 9.17) is 11.6 Å². The molecule has 1 aliphatic rings. The van der Waals surface area contributed by atoms with Crippen molar-refractivity contribution >= 4 is 29.0 Å². The Bertz CT molecular complexity index is 676. The normalized spacial score (nSPS) is 18.6. The van der Waals surface area contributed by atoms with E-state index in [1.54, 1.807) is 23.1 Å². The molecule has 4 nitrogen and oxygen atoms in total. The van der Waals surface area contributed by atoms with E-state index >= 15 is 0 Å². The van der Waals surface area contributed by atoms with Crippen LogP contribution in [0.2, 0.25) is 5.02 Å². The predicted octanol–water partition coefficient (Wildman–Crippen LogP) is 5.77. The summed E-state index contributed by atoms with van der Waals surface area (Å²) in [5.74, 6) is -0.626. The molecule has 156 valence electrons. The van der Waals surface area contributed by atoms with E-state index in [0.717, 1.165) is 12.8 Å². The number of halogens is 1. The molecule has 1 amide bonds. The average Bonchev–Trinajstić information content (AvgIpc) is 2.84. The van der Waals surface area contributed by atoms with Crippen molar-refractivity contribution in [3.05, 3.63) is 28.8 Å². The van der Waals surface area contributed by atoms with Crippen LogP contribution in [0, 0.1) is 0 Å². The fourth-order valence-electron chi connectivity index (χ4n) is 4.03. The van der Waals surface area contributed by atoms with Crippen molar-refractivity contribution in [3.8, 4) is 0 Å². The third-order valence-corrected chi connectivity index (χ3v) is 5.77. The Kier molecular flexibility index (Phi) is 8.97. The van der Waals surface area contributed by atoms with Gasteiger partial charge in [0.1, 0.15) is 5.78 Å². The van der Waals surface area contributed by atoms with Gasteiger partial charge in [-0.1, -0.05) is 76.3 Å². The van der Waals surface area contributed by atoms with Crippen LogP contribution < -0.4 is 4.90 Å². The third-order valence-electron chi connectivity index (χ3n) is 5.53. The number of Topliss-reactive ketones (excluding diaryl/α,β-unsaturated/α-hetero) is 1. The second-order valence-corrected chi connectivity index (χ2v) is 8.48. The molecule has 1 unspecified atom stereocenters. The number of aliphatic hydroxyl groups is 1. The van der Waals surface area contributed by atoms with E-state index in [9.17, 15) is 14.7 Å². The summed E-state index contributed by atoms with van der Waals surface area (Å²) in [5.41, 5.74) is -0.661. The Hall–Kier alpha value is -1.39. The van der Waals surface area contributed by atoms with Gasteiger partial charge < -0.3 is 10.0 Å². The highest BCUT2D eigenvalue weighted by atomic mass is 35.5. The van der Waals surface area contributed by atoms with Crippen LogP contribution in [0.1, 0.15) is 90.0 Å². The summed E-state index contributed by atoms with van der Waals surface area (Å²) in [6, 6.07) is 5.10. The van der Waals surface area contributed by atoms with Crippen LogP contribution in [0.15, 0.2) is 18.2 Å². The number of amides is 1. The molecular weight excluding hydrogens is 374 g/mol. The highest BCUT2D eigenvalue weighted by Gasteiger charge is 2.50. The van der Waals surface area contributed by atoms with Gasteiger partial charge in [0.2, 0.25) is 0 Å². The van der Waals surface area contributed by atoms with Crippen molar-refractivity contribution in [3.63, 3.8) is 0 Å². The second-order valence-electron chi connectivity index (χ2n) is 8.04. The molecule has 1 atom stereocenters. The van der Waals surface area contributed by atoms with E-state index in [0.29, 0.717) is 22.8 Å². The lowest BCUT2D eigenvalue weighted by Crippen LogP contribution is -2.41. The van der Waals surface area contributed by atoms with Crippen molar-refractivity contribution in [2.24, 2.45) is 0 Å². The Labute approximate surface area is 174 Å². The zero-order valence-electron chi connectivity index (χ0n) is 17.3. The maximum Gasteiger partial charge on any atom is 0.264 e. The van der Waals surface area contributed by atoms with Crippen LogP contribution in [0.4, 0.5) is 5.69 Å². The highest BCUT2D eigenvalue weighted by molar-refractivity contribution is 6.31. The molecule has 1 aliphatic heterocycles. The van der Waals surface area contributed by atoms with Crippen LogP contribution in [0.25, 0.3) is 0 Å². The standard InChI is InChI=1S/C23H34ClNO3/c1-3-4-5-6-7-8-9-10-11-12-15-25-21-14-13-19(24)16-20(21)23(28,22(25)27)17-18(2)26/h13-14,16,28H,3-12,15,17H2,1-2H3. The SMILES string of the molecule is CCCCCCCCCCCCN1C(=O)C(O)(CC(C)=O)c2cc(Cl)ccc21. The Balaban J connectivity index is 1.84. The zero-order chi connectivity index (χ0) is 20.6. The summed E-state index contributed by atoms with van der Waals surface area (Å²) in [6.07, 6.45) is 12.0. The van der Waals surface area contributed by atoms with Gasteiger partial charge in [-0.05, 0) is 31.5 Å². The second kappa shape index (κ2) is 11.0. The van der Waals surface area contributed by atoms with Crippen LogP contribution >= 0.6 is 11.6 Å². The molecule has 28 heavy (non-hydrogen) atoms. The van der Waals surface area contributed by atoms with Gasteiger partial charge >= 0.3 is 0 Å². The summed E-state index contributed by atoms with van der Waals surface area (Å²) in [5, 5.41) is 11.4. The van der Waals surface area contributed by atoms with Crippen molar-refractivity contribution in [2.75, 3.05) is 11.4 Å². The molecule has 0 aliphatic carbocycles. The van der Waals surface area contributed by atoms with Gasteiger partial charge in [0.05, 0.1) is 5.69 Å². The van der Waals surface area contributed by atoms with E-state index < -0.39 is 11.5 Å². The van der Waals surface area contributed by atoms with Gasteiger partial charge in [0.25, 0.3) is 5.91 Å². The number of hydrogen-bond acceptors (Lipinski definition) is 3. The molecule has 0 saturated heterocycles. The van der Waals surface area contributed by atoms with Crippen molar-refractivity contribution in [2.45, 2.75) is 90.1 Å².